The molecule has 1 aromatic heterocycles. The number of allylic oxidation sites excluding steroid dienone is 1. The Hall–Kier alpha value is -1.04. The van der Waals surface area contributed by atoms with E-state index in [1.165, 1.54) is 16.2 Å². The van der Waals surface area contributed by atoms with Crippen LogP contribution in [0.4, 0.5) is 5.00 Å². The number of nitrogens with one attached hydrogen (secondary N) is 1. The molecule has 0 bridgehead atoms. The number of amides is 2. The normalized spacial score (nSPS) is 24.0. The van der Waals surface area contributed by atoms with E-state index in [4.69, 9.17) is 28.9 Å². The predicted octanol–water partition coefficient (Wildman–Crippen LogP) is 4.26. The van der Waals surface area contributed by atoms with Crippen LogP contribution in [0.3, 0.4) is 0 Å². The summed E-state index contributed by atoms with van der Waals surface area (Å²) in [6.07, 6.45) is 5.66. The molecule has 0 aliphatic heterocycles. The number of thiophene rings is 1. The second-order valence-electron chi connectivity index (χ2n) is 7.05. The second kappa shape index (κ2) is 6.36. The summed E-state index contributed by atoms with van der Waals surface area (Å²) in [5.41, 5.74) is 6.87. The molecule has 3 rings (SSSR count). The van der Waals surface area contributed by atoms with Crippen molar-refractivity contribution in [3.63, 3.8) is 0 Å². The molecule has 0 radical (unpaired) electrons. The summed E-state index contributed by atoms with van der Waals surface area (Å²) in [5.74, 6) is -0.809. The highest BCUT2D eigenvalue weighted by molar-refractivity contribution is 7.17. The lowest BCUT2D eigenvalue weighted by Crippen LogP contribution is -2.20. The number of anilines is 1. The van der Waals surface area contributed by atoms with Crippen LogP contribution in [0.15, 0.2) is 10.6 Å². The van der Waals surface area contributed by atoms with Gasteiger partial charge in [0.2, 0.25) is 5.91 Å². The molecule has 3 N–H and O–H groups in total. The molecule has 0 aromatic carbocycles. The number of hydrogen-bond donors (Lipinski definition) is 2. The van der Waals surface area contributed by atoms with Crippen LogP contribution in [-0.4, -0.2) is 11.8 Å². The number of carbonyl (C=O) groups is 2. The highest BCUT2D eigenvalue weighted by atomic mass is 35.5. The molecule has 2 amide bonds. The van der Waals surface area contributed by atoms with Gasteiger partial charge in [0.05, 0.1) is 11.5 Å². The van der Waals surface area contributed by atoms with Gasteiger partial charge >= 0.3 is 0 Å². The summed E-state index contributed by atoms with van der Waals surface area (Å²) >= 11 is 13.0. The summed E-state index contributed by atoms with van der Waals surface area (Å²) in [4.78, 5) is 25.8. The van der Waals surface area contributed by atoms with Crippen LogP contribution in [0.1, 0.15) is 47.5 Å². The molecule has 130 valence electrons. The topological polar surface area (TPSA) is 72.2 Å². The van der Waals surface area contributed by atoms with E-state index < -0.39 is 5.91 Å². The molecule has 1 aromatic rings. The SMILES string of the molecule is CC1(C)[C@H](C=C(Cl)Cl)[C@@H]1C(=O)Nc1sc2c(c1C(N)=O)CCCC2. The molecule has 0 saturated heterocycles. The van der Waals surface area contributed by atoms with Crippen LogP contribution in [0.25, 0.3) is 0 Å². The van der Waals surface area contributed by atoms with Crippen molar-refractivity contribution in [2.24, 2.45) is 23.0 Å². The highest BCUT2D eigenvalue weighted by Gasteiger charge is 2.60. The average molecular weight is 387 g/mol. The van der Waals surface area contributed by atoms with Gasteiger partial charge in [-0.1, -0.05) is 37.0 Å². The van der Waals surface area contributed by atoms with E-state index in [2.05, 4.69) is 5.32 Å². The Kier molecular flexibility index (Phi) is 4.71. The third-order valence-corrected chi connectivity index (χ3v) is 6.61. The van der Waals surface area contributed by atoms with E-state index in [-0.39, 0.29) is 27.6 Å². The Morgan fingerprint density at radius 1 is 1.29 bits per heavy atom. The largest absolute Gasteiger partial charge is 0.365 e. The average Bonchev–Trinajstić information content (AvgIpc) is 2.85. The fraction of sp³-hybridized carbons (Fsp3) is 0.529. The molecule has 1 heterocycles. The van der Waals surface area contributed by atoms with Gasteiger partial charge < -0.3 is 11.1 Å². The van der Waals surface area contributed by atoms with Crippen molar-refractivity contribution >= 4 is 51.4 Å². The Balaban J connectivity index is 1.84. The van der Waals surface area contributed by atoms with E-state index in [1.54, 1.807) is 6.08 Å². The molecular formula is C17H20Cl2N2O2S. The molecule has 1 fully saturated rings. The summed E-state index contributed by atoms with van der Waals surface area (Å²) in [5, 5.41) is 3.52. The van der Waals surface area contributed by atoms with Crippen molar-refractivity contribution in [1.29, 1.82) is 0 Å². The van der Waals surface area contributed by atoms with Gasteiger partial charge in [0.1, 0.15) is 9.49 Å². The van der Waals surface area contributed by atoms with Gasteiger partial charge in [-0.15, -0.1) is 11.3 Å². The fourth-order valence-corrected chi connectivity index (χ4v) is 5.30. The number of nitrogens with two attached hydrogens (primary N) is 1. The van der Waals surface area contributed by atoms with Crippen LogP contribution >= 0.6 is 34.5 Å². The Labute approximate surface area is 155 Å². The van der Waals surface area contributed by atoms with Crippen molar-refractivity contribution in [3.8, 4) is 0 Å². The smallest absolute Gasteiger partial charge is 0.251 e. The minimum atomic E-state index is -0.472. The van der Waals surface area contributed by atoms with Crippen molar-refractivity contribution in [2.45, 2.75) is 39.5 Å². The van der Waals surface area contributed by atoms with Gasteiger partial charge in [0.15, 0.2) is 0 Å². The lowest BCUT2D eigenvalue weighted by molar-refractivity contribution is -0.118. The quantitative estimate of drug-likeness (QED) is 0.811. The molecule has 24 heavy (non-hydrogen) atoms. The molecule has 0 unspecified atom stereocenters. The van der Waals surface area contributed by atoms with Crippen LogP contribution in [-0.2, 0) is 17.6 Å². The Morgan fingerprint density at radius 3 is 2.58 bits per heavy atom. The van der Waals surface area contributed by atoms with Crippen molar-refractivity contribution in [3.05, 3.63) is 26.6 Å². The number of rotatable bonds is 4. The molecule has 2 aliphatic carbocycles. The van der Waals surface area contributed by atoms with E-state index in [0.29, 0.717) is 10.6 Å². The van der Waals surface area contributed by atoms with E-state index in [9.17, 15) is 9.59 Å². The summed E-state index contributed by atoms with van der Waals surface area (Å²) in [6, 6.07) is 0. The lowest BCUT2D eigenvalue weighted by Gasteiger charge is -2.11. The second-order valence-corrected chi connectivity index (χ2v) is 9.16. The van der Waals surface area contributed by atoms with Gasteiger partial charge in [-0.3, -0.25) is 9.59 Å². The first-order valence-corrected chi connectivity index (χ1v) is 9.58. The molecule has 4 nitrogen and oxygen atoms in total. The molecule has 2 atom stereocenters. The molecule has 7 heteroatoms. The third kappa shape index (κ3) is 3.09. The Bertz CT molecular complexity index is 735. The first-order chi connectivity index (χ1) is 11.2. The van der Waals surface area contributed by atoms with Gasteiger partial charge in [0, 0.05) is 4.88 Å². The van der Waals surface area contributed by atoms with Gasteiger partial charge in [0.25, 0.3) is 5.91 Å². The number of hydrogen-bond acceptors (Lipinski definition) is 3. The van der Waals surface area contributed by atoms with Crippen molar-refractivity contribution in [2.75, 3.05) is 5.32 Å². The molecule has 0 spiro atoms. The monoisotopic (exact) mass is 386 g/mol. The van der Waals surface area contributed by atoms with Crippen LogP contribution in [0.5, 0.6) is 0 Å². The van der Waals surface area contributed by atoms with E-state index >= 15 is 0 Å². The number of aryl methyl sites for hydroxylation is 1. The molecule has 1 saturated carbocycles. The standard InChI is InChI=1S/C17H20Cl2N2O2S/c1-17(2)9(7-11(18)19)13(17)15(23)21-16-12(14(20)22)8-5-3-4-6-10(8)24-16/h7,9,13H,3-6H2,1-2H3,(H2,20,22)(H,21,23)/t9-,13-/m1/s1. The number of halogens is 2. The zero-order chi connectivity index (χ0) is 17.6. The zero-order valence-electron chi connectivity index (χ0n) is 13.6. The maximum Gasteiger partial charge on any atom is 0.251 e. The number of primary amides is 1. The summed E-state index contributed by atoms with van der Waals surface area (Å²) < 4.78 is 0.174. The maximum absolute atomic E-state index is 12.7. The van der Waals surface area contributed by atoms with Gasteiger partial charge in [-0.2, -0.15) is 0 Å². The van der Waals surface area contributed by atoms with E-state index in [1.807, 2.05) is 13.8 Å². The van der Waals surface area contributed by atoms with Crippen LogP contribution < -0.4 is 11.1 Å². The summed E-state index contributed by atoms with van der Waals surface area (Å²) in [7, 11) is 0. The minimum absolute atomic E-state index is 0.00545. The minimum Gasteiger partial charge on any atom is -0.365 e. The van der Waals surface area contributed by atoms with Crippen LogP contribution in [0.2, 0.25) is 0 Å². The summed E-state index contributed by atoms with van der Waals surface area (Å²) in [6.45, 7) is 4.01. The highest BCUT2D eigenvalue weighted by Crippen LogP contribution is 2.60. The maximum atomic E-state index is 12.7. The Morgan fingerprint density at radius 2 is 1.96 bits per heavy atom. The van der Waals surface area contributed by atoms with Crippen molar-refractivity contribution in [1.82, 2.24) is 0 Å². The lowest BCUT2D eigenvalue weighted by atomic mass is 9.95. The number of fused-ring (bicyclic) bond motifs is 1. The first-order valence-electron chi connectivity index (χ1n) is 8.01. The third-order valence-electron chi connectivity index (χ3n) is 5.15. The fourth-order valence-electron chi connectivity index (χ4n) is 3.73. The molecule has 2 aliphatic rings. The van der Waals surface area contributed by atoms with Crippen molar-refractivity contribution < 1.29 is 9.59 Å². The molecular weight excluding hydrogens is 367 g/mol. The first kappa shape index (κ1) is 17.8. The van der Waals surface area contributed by atoms with E-state index in [0.717, 1.165) is 31.2 Å². The van der Waals surface area contributed by atoms with Gasteiger partial charge in [-0.05, 0) is 48.7 Å². The van der Waals surface area contributed by atoms with Crippen LogP contribution in [0, 0.1) is 17.3 Å². The predicted molar refractivity (Wildman–Crippen MR) is 98.7 cm³/mol. The number of carbonyl (C=O) groups excluding carboxylic acids is 2. The van der Waals surface area contributed by atoms with Gasteiger partial charge in [-0.25, -0.2) is 0 Å². The zero-order valence-corrected chi connectivity index (χ0v) is 15.9.